The number of aryl methyl sites for hydroxylation is 2. The van der Waals surface area contributed by atoms with Gasteiger partial charge in [-0.2, -0.15) is 0 Å². The second kappa shape index (κ2) is 7.14. The maximum atomic E-state index is 12.6. The van der Waals surface area contributed by atoms with Crippen LogP contribution in [0.15, 0.2) is 34.9 Å². The lowest BCUT2D eigenvalue weighted by molar-refractivity contribution is -0.130. The van der Waals surface area contributed by atoms with E-state index in [0.717, 1.165) is 48.7 Å². The van der Waals surface area contributed by atoms with Crippen molar-refractivity contribution in [2.75, 3.05) is 13.1 Å². The standard InChI is InChI=1S/C21H26N2O3/c1-14-20(15(2)26-22-14)8-9-21(24)23-12-16-10-19(11-17(16)13-23)25-18-6-4-3-5-7-18/h3-7,16-17,19H,8-13H2,1-2H3/t16-,17+,19?. The van der Waals surface area contributed by atoms with E-state index < -0.39 is 0 Å². The highest BCUT2D eigenvalue weighted by atomic mass is 16.5. The average Bonchev–Trinajstić information content (AvgIpc) is 3.28. The first-order valence-electron chi connectivity index (χ1n) is 9.51. The smallest absolute Gasteiger partial charge is 0.222 e. The third-order valence-corrected chi connectivity index (χ3v) is 5.88. The Kier molecular flexibility index (Phi) is 4.70. The zero-order chi connectivity index (χ0) is 18.1. The van der Waals surface area contributed by atoms with Crippen LogP contribution in [0.5, 0.6) is 5.75 Å². The number of aromatic nitrogens is 1. The van der Waals surface area contributed by atoms with Crippen molar-refractivity contribution < 1.29 is 14.1 Å². The van der Waals surface area contributed by atoms with Crippen LogP contribution in [0.25, 0.3) is 0 Å². The lowest BCUT2D eigenvalue weighted by Gasteiger charge is -2.20. The van der Waals surface area contributed by atoms with E-state index >= 15 is 0 Å². The zero-order valence-corrected chi connectivity index (χ0v) is 15.5. The van der Waals surface area contributed by atoms with Gasteiger partial charge in [0.2, 0.25) is 5.91 Å². The Labute approximate surface area is 154 Å². The fourth-order valence-corrected chi connectivity index (χ4v) is 4.48. The molecule has 0 spiro atoms. The molecule has 1 aliphatic carbocycles. The van der Waals surface area contributed by atoms with Gasteiger partial charge in [0.1, 0.15) is 11.5 Å². The molecule has 2 fully saturated rings. The van der Waals surface area contributed by atoms with Crippen LogP contribution < -0.4 is 4.74 Å². The average molecular weight is 354 g/mol. The highest BCUT2D eigenvalue weighted by Gasteiger charge is 2.43. The highest BCUT2D eigenvalue weighted by Crippen LogP contribution is 2.40. The molecule has 1 aromatic heterocycles. The van der Waals surface area contributed by atoms with Crippen LogP contribution in [-0.4, -0.2) is 35.2 Å². The molecule has 5 nitrogen and oxygen atoms in total. The number of carbonyl (C=O) groups is 1. The molecule has 1 aliphatic heterocycles. The number of hydrogen-bond acceptors (Lipinski definition) is 4. The minimum Gasteiger partial charge on any atom is -0.490 e. The molecule has 5 heteroatoms. The van der Waals surface area contributed by atoms with Gasteiger partial charge in [-0.3, -0.25) is 4.79 Å². The molecule has 1 unspecified atom stereocenters. The summed E-state index contributed by atoms with van der Waals surface area (Å²) < 4.78 is 11.3. The van der Waals surface area contributed by atoms with Crippen molar-refractivity contribution in [1.82, 2.24) is 10.1 Å². The van der Waals surface area contributed by atoms with E-state index in [1.807, 2.05) is 49.1 Å². The van der Waals surface area contributed by atoms with E-state index in [9.17, 15) is 4.79 Å². The van der Waals surface area contributed by atoms with E-state index in [-0.39, 0.29) is 12.0 Å². The zero-order valence-electron chi connectivity index (χ0n) is 15.5. The van der Waals surface area contributed by atoms with Gasteiger partial charge < -0.3 is 14.2 Å². The second-order valence-electron chi connectivity index (χ2n) is 7.65. The van der Waals surface area contributed by atoms with Crippen LogP contribution in [0.2, 0.25) is 0 Å². The van der Waals surface area contributed by atoms with Gasteiger partial charge in [0.05, 0.1) is 11.8 Å². The highest BCUT2D eigenvalue weighted by molar-refractivity contribution is 5.76. The molecule has 4 rings (SSSR count). The fraction of sp³-hybridized carbons (Fsp3) is 0.524. The molecule has 1 amide bonds. The molecule has 1 saturated carbocycles. The number of hydrogen-bond donors (Lipinski definition) is 0. The van der Waals surface area contributed by atoms with Crippen molar-refractivity contribution in [3.63, 3.8) is 0 Å². The first kappa shape index (κ1) is 17.1. The van der Waals surface area contributed by atoms with Gasteiger partial charge in [0, 0.05) is 25.1 Å². The third-order valence-electron chi connectivity index (χ3n) is 5.88. The Morgan fingerprint density at radius 3 is 2.50 bits per heavy atom. The summed E-state index contributed by atoms with van der Waals surface area (Å²) in [4.78, 5) is 14.7. The first-order valence-corrected chi connectivity index (χ1v) is 9.51. The maximum absolute atomic E-state index is 12.6. The summed E-state index contributed by atoms with van der Waals surface area (Å²) in [6.45, 7) is 5.59. The fourth-order valence-electron chi connectivity index (χ4n) is 4.48. The minimum atomic E-state index is 0.250. The minimum absolute atomic E-state index is 0.250. The van der Waals surface area contributed by atoms with E-state index in [2.05, 4.69) is 5.16 Å². The first-order chi connectivity index (χ1) is 12.6. The summed E-state index contributed by atoms with van der Waals surface area (Å²) in [6, 6.07) is 10.0. The molecule has 138 valence electrons. The predicted molar refractivity (Wildman–Crippen MR) is 98.0 cm³/mol. The molecular weight excluding hydrogens is 328 g/mol. The van der Waals surface area contributed by atoms with Crippen molar-refractivity contribution in [3.05, 3.63) is 47.3 Å². The van der Waals surface area contributed by atoms with E-state index in [1.54, 1.807) is 0 Å². The number of likely N-dealkylation sites (tertiary alicyclic amines) is 1. The van der Waals surface area contributed by atoms with Crippen molar-refractivity contribution in [1.29, 1.82) is 0 Å². The Balaban J connectivity index is 1.27. The Morgan fingerprint density at radius 1 is 1.19 bits per heavy atom. The number of nitrogens with zero attached hydrogens (tertiary/aromatic N) is 2. The van der Waals surface area contributed by atoms with Crippen LogP contribution in [-0.2, 0) is 11.2 Å². The molecule has 26 heavy (non-hydrogen) atoms. The maximum Gasteiger partial charge on any atom is 0.222 e. The lowest BCUT2D eigenvalue weighted by Crippen LogP contribution is -2.31. The van der Waals surface area contributed by atoms with Gasteiger partial charge in [-0.1, -0.05) is 23.4 Å². The van der Waals surface area contributed by atoms with E-state index in [4.69, 9.17) is 9.26 Å². The third kappa shape index (κ3) is 3.48. The second-order valence-corrected chi connectivity index (χ2v) is 7.65. The van der Waals surface area contributed by atoms with Crippen LogP contribution in [0.1, 0.15) is 36.3 Å². The molecule has 0 N–H and O–H groups in total. The summed E-state index contributed by atoms with van der Waals surface area (Å²) in [5, 5.41) is 3.97. The summed E-state index contributed by atoms with van der Waals surface area (Å²) in [5.41, 5.74) is 1.98. The molecule has 1 saturated heterocycles. The monoisotopic (exact) mass is 354 g/mol. The van der Waals surface area contributed by atoms with Crippen LogP contribution in [0.3, 0.4) is 0 Å². The Hall–Kier alpha value is -2.30. The molecule has 3 atom stereocenters. The van der Waals surface area contributed by atoms with Crippen molar-refractivity contribution >= 4 is 5.91 Å². The Bertz CT molecular complexity index is 737. The molecule has 2 heterocycles. The topological polar surface area (TPSA) is 55.6 Å². The van der Waals surface area contributed by atoms with Gasteiger partial charge >= 0.3 is 0 Å². The quantitative estimate of drug-likeness (QED) is 0.824. The van der Waals surface area contributed by atoms with Crippen molar-refractivity contribution in [2.45, 2.75) is 45.6 Å². The van der Waals surface area contributed by atoms with Crippen LogP contribution in [0.4, 0.5) is 0 Å². The predicted octanol–water partition coefficient (Wildman–Crippen LogP) is 3.54. The molecule has 2 aliphatic rings. The SMILES string of the molecule is Cc1noc(C)c1CCC(=O)N1C[C@H]2CC(Oc3ccccc3)C[C@H]2C1. The number of para-hydroxylation sites is 1. The lowest BCUT2D eigenvalue weighted by atomic mass is 10.0. The van der Waals surface area contributed by atoms with Gasteiger partial charge in [-0.15, -0.1) is 0 Å². The number of fused-ring (bicyclic) bond motifs is 1. The number of rotatable bonds is 5. The summed E-state index contributed by atoms with van der Waals surface area (Å²) in [5.74, 6) is 3.18. The van der Waals surface area contributed by atoms with Crippen LogP contribution in [0, 0.1) is 25.7 Å². The molecular formula is C21H26N2O3. The molecule has 0 bridgehead atoms. The number of carbonyl (C=O) groups excluding carboxylic acids is 1. The molecule has 2 aromatic rings. The number of amides is 1. The van der Waals surface area contributed by atoms with Gasteiger partial charge in [-0.25, -0.2) is 0 Å². The normalized spacial score (nSPS) is 24.7. The number of benzene rings is 1. The van der Waals surface area contributed by atoms with Gasteiger partial charge in [0.25, 0.3) is 0 Å². The van der Waals surface area contributed by atoms with E-state index in [0.29, 0.717) is 24.7 Å². The molecule has 1 aromatic carbocycles. The van der Waals surface area contributed by atoms with Gasteiger partial charge in [-0.05, 0) is 57.1 Å². The largest absolute Gasteiger partial charge is 0.490 e. The van der Waals surface area contributed by atoms with E-state index in [1.165, 1.54) is 0 Å². The number of ether oxygens (including phenoxy) is 1. The summed E-state index contributed by atoms with van der Waals surface area (Å²) in [6.07, 6.45) is 3.63. The summed E-state index contributed by atoms with van der Waals surface area (Å²) in [7, 11) is 0. The van der Waals surface area contributed by atoms with Gasteiger partial charge in [0.15, 0.2) is 0 Å². The van der Waals surface area contributed by atoms with Crippen molar-refractivity contribution in [3.8, 4) is 5.75 Å². The van der Waals surface area contributed by atoms with Crippen molar-refractivity contribution in [2.24, 2.45) is 11.8 Å². The van der Waals surface area contributed by atoms with Crippen LogP contribution >= 0.6 is 0 Å². The Morgan fingerprint density at radius 2 is 1.88 bits per heavy atom. The molecule has 0 radical (unpaired) electrons. The summed E-state index contributed by atoms with van der Waals surface area (Å²) >= 11 is 0.